The van der Waals surface area contributed by atoms with Crippen molar-refractivity contribution in [1.82, 2.24) is 0 Å². The highest BCUT2D eigenvalue weighted by atomic mass is 16.5. The SMILES string of the molecule is CCCC1CN(c2ccc(OC)cc2C(=O)O)C1. The van der Waals surface area contributed by atoms with Gasteiger partial charge in [0.1, 0.15) is 5.75 Å². The summed E-state index contributed by atoms with van der Waals surface area (Å²) in [4.78, 5) is 13.4. The lowest BCUT2D eigenvalue weighted by Crippen LogP contribution is -2.47. The van der Waals surface area contributed by atoms with Crippen LogP contribution >= 0.6 is 0 Å². The largest absolute Gasteiger partial charge is 0.497 e. The van der Waals surface area contributed by atoms with E-state index in [1.54, 1.807) is 13.2 Å². The smallest absolute Gasteiger partial charge is 0.337 e. The summed E-state index contributed by atoms with van der Waals surface area (Å²) in [6.45, 7) is 4.10. The second-order valence-corrected chi connectivity index (χ2v) is 4.75. The summed E-state index contributed by atoms with van der Waals surface area (Å²) in [7, 11) is 1.54. The van der Waals surface area contributed by atoms with Crippen LogP contribution in [0, 0.1) is 5.92 Å². The lowest BCUT2D eigenvalue weighted by Gasteiger charge is -2.41. The molecule has 0 amide bonds. The van der Waals surface area contributed by atoms with E-state index < -0.39 is 5.97 Å². The van der Waals surface area contributed by atoms with Crippen LogP contribution in [0.4, 0.5) is 5.69 Å². The predicted molar refractivity (Wildman–Crippen MR) is 70.6 cm³/mol. The maximum atomic E-state index is 11.3. The predicted octanol–water partition coefficient (Wildman–Crippen LogP) is 2.63. The molecule has 0 unspecified atom stereocenters. The third-order valence-corrected chi connectivity index (χ3v) is 3.43. The van der Waals surface area contributed by atoms with Crippen molar-refractivity contribution in [1.29, 1.82) is 0 Å². The molecule has 1 aliphatic heterocycles. The van der Waals surface area contributed by atoms with E-state index in [0.717, 1.165) is 18.8 Å². The van der Waals surface area contributed by atoms with Gasteiger partial charge in [0.05, 0.1) is 18.4 Å². The molecule has 4 heteroatoms. The second kappa shape index (κ2) is 5.29. The number of benzene rings is 1. The Labute approximate surface area is 107 Å². The highest BCUT2D eigenvalue weighted by Gasteiger charge is 2.28. The van der Waals surface area contributed by atoms with Gasteiger partial charge in [-0.05, 0) is 30.5 Å². The van der Waals surface area contributed by atoms with Crippen LogP contribution in [0.1, 0.15) is 30.1 Å². The molecule has 0 spiro atoms. The van der Waals surface area contributed by atoms with Crippen molar-refractivity contribution in [3.63, 3.8) is 0 Å². The Balaban J connectivity index is 2.16. The number of aromatic carboxylic acids is 1. The molecule has 2 rings (SSSR count). The minimum Gasteiger partial charge on any atom is -0.497 e. The first-order valence-corrected chi connectivity index (χ1v) is 6.32. The number of nitrogens with zero attached hydrogens (tertiary/aromatic N) is 1. The fraction of sp³-hybridized carbons (Fsp3) is 0.500. The Kier molecular flexibility index (Phi) is 3.75. The first kappa shape index (κ1) is 12.7. The minimum atomic E-state index is -0.900. The number of anilines is 1. The Bertz CT molecular complexity index is 439. The van der Waals surface area contributed by atoms with E-state index in [1.165, 1.54) is 12.8 Å². The number of rotatable bonds is 5. The summed E-state index contributed by atoms with van der Waals surface area (Å²) < 4.78 is 5.07. The van der Waals surface area contributed by atoms with Gasteiger partial charge in [-0.15, -0.1) is 0 Å². The molecule has 18 heavy (non-hydrogen) atoms. The van der Waals surface area contributed by atoms with Gasteiger partial charge >= 0.3 is 5.97 Å². The molecule has 1 N–H and O–H groups in total. The van der Waals surface area contributed by atoms with Crippen LogP contribution in [-0.2, 0) is 0 Å². The third kappa shape index (κ3) is 2.42. The summed E-state index contributed by atoms with van der Waals surface area (Å²) >= 11 is 0. The first-order chi connectivity index (χ1) is 8.65. The molecule has 0 saturated carbocycles. The molecule has 0 atom stereocenters. The number of hydrogen-bond acceptors (Lipinski definition) is 3. The van der Waals surface area contributed by atoms with Crippen molar-refractivity contribution in [3.05, 3.63) is 23.8 Å². The van der Waals surface area contributed by atoms with Gasteiger partial charge in [0.2, 0.25) is 0 Å². The van der Waals surface area contributed by atoms with Gasteiger partial charge in [-0.2, -0.15) is 0 Å². The summed E-state index contributed by atoms with van der Waals surface area (Å²) in [5.74, 6) is 0.392. The zero-order valence-corrected chi connectivity index (χ0v) is 10.8. The third-order valence-electron chi connectivity index (χ3n) is 3.43. The zero-order chi connectivity index (χ0) is 13.1. The monoisotopic (exact) mass is 249 g/mol. The summed E-state index contributed by atoms with van der Waals surface area (Å²) in [5.41, 5.74) is 1.12. The molecule has 1 aliphatic rings. The highest BCUT2D eigenvalue weighted by Crippen LogP contribution is 2.32. The van der Waals surface area contributed by atoms with E-state index in [0.29, 0.717) is 17.2 Å². The summed E-state index contributed by atoms with van der Waals surface area (Å²) in [6.07, 6.45) is 2.40. The minimum absolute atomic E-state index is 0.323. The molecule has 1 saturated heterocycles. The Morgan fingerprint density at radius 1 is 1.50 bits per heavy atom. The lowest BCUT2D eigenvalue weighted by atomic mass is 9.93. The van der Waals surface area contributed by atoms with Gasteiger partial charge in [0.15, 0.2) is 0 Å². The van der Waals surface area contributed by atoms with Gasteiger partial charge in [-0.25, -0.2) is 4.79 Å². The van der Waals surface area contributed by atoms with E-state index in [2.05, 4.69) is 11.8 Å². The van der Waals surface area contributed by atoms with E-state index in [4.69, 9.17) is 4.74 Å². The molecule has 0 aromatic heterocycles. The Morgan fingerprint density at radius 3 is 2.78 bits per heavy atom. The Hall–Kier alpha value is -1.71. The number of ether oxygens (including phenoxy) is 1. The van der Waals surface area contributed by atoms with Crippen molar-refractivity contribution >= 4 is 11.7 Å². The molecule has 0 bridgehead atoms. The molecule has 1 fully saturated rings. The van der Waals surface area contributed by atoms with Crippen LogP contribution in [-0.4, -0.2) is 31.3 Å². The first-order valence-electron chi connectivity index (χ1n) is 6.32. The average Bonchev–Trinajstić information content (AvgIpc) is 2.32. The number of carboxylic acid groups (broad SMARTS) is 1. The van der Waals surface area contributed by atoms with E-state index >= 15 is 0 Å². The fourth-order valence-electron chi connectivity index (χ4n) is 2.45. The molecule has 0 radical (unpaired) electrons. The number of carboxylic acids is 1. The van der Waals surface area contributed by atoms with Crippen molar-refractivity contribution in [2.24, 2.45) is 5.92 Å². The van der Waals surface area contributed by atoms with Crippen molar-refractivity contribution in [2.75, 3.05) is 25.1 Å². The van der Waals surface area contributed by atoms with Crippen LogP contribution in [0.2, 0.25) is 0 Å². The normalized spacial score (nSPS) is 15.3. The number of methoxy groups -OCH3 is 1. The zero-order valence-electron chi connectivity index (χ0n) is 10.8. The molecule has 1 aromatic carbocycles. The van der Waals surface area contributed by atoms with Gasteiger partial charge in [0.25, 0.3) is 0 Å². The lowest BCUT2D eigenvalue weighted by molar-refractivity contribution is 0.0696. The highest BCUT2D eigenvalue weighted by molar-refractivity contribution is 5.95. The molecule has 1 aromatic rings. The van der Waals surface area contributed by atoms with Crippen LogP contribution in [0.25, 0.3) is 0 Å². The van der Waals surface area contributed by atoms with Crippen molar-refractivity contribution < 1.29 is 14.6 Å². The molecular weight excluding hydrogens is 230 g/mol. The van der Waals surface area contributed by atoms with Gasteiger partial charge in [-0.1, -0.05) is 13.3 Å². The van der Waals surface area contributed by atoms with Crippen LogP contribution in [0.15, 0.2) is 18.2 Å². The maximum absolute atomic E-state index is 11.3. The van der Waals surface area contributed by atoms with E-state index in [1.807, 2.05) is 12.1 Å². The molecule has 98 valence electrons. The number of carbonyl (C=O) groups is 1. The molecule has 4 nitrogen and oxygen atoms in total. The molecule has 1 heterocycles. The van der Waals surface area contributed by atoms with Crippen LogP contribution < -0.4 is 9.64 Å². The van der Waals surface area contributed by atoms with E-state index in [-0.39, 0.29) is 0 Å². The summed E-state index contributed by atoms with van der Waals surface area (Å²) in [6, 6.07) is 5.24. The number of hydrogen-bond donors (Lipinski definition) is 1. The molecular formula is C14H19NO3. The Morgan fingerprint density at radius 2 is 2.22 bits per heavy atom. The standard InChI is InChI=1S/C14H19NO3/c1-3-4-10-8-15(9-10)13-6-5-11(18-2)7-12(13)14(16)17/h5-7,10H,3-4,8-9H2,1-2H3,(H,16,17). The maximum Gasteiger partial charge on any atom is 0.337 e. The fourth-order valence-corrected chi connectivity index (χ4v) is 2.45. The topological polar surface area (TPSA) is 49.8 Å². The quantitative estimate of drug-likeness (QED) is 0.871. The van der Waals surface area contributed by atoms with Crippen molar-refractivity contribution in [2.45, 2.75) is 19.8 Å². The summed E-state index contributed by atoms with van der Waals surface area (Å²) in [5, 5.41) is 9.24. The van der Waals surface area contributed by atoms with Crippen LogP contribution in [0.3, 0.4) is 0 Å². The van der Waals surface area contributed by atoms with Gasteiger partial charge in [0, 0.05) is 13.1 Å². The van der Waals surface area contributed by atoms with Crippen molar-refractivity contribution in [3.8, 4) is 5.75 Å². The van der Waals surface area contributed by atoms with E-state index in [9.17, 15) is 9.90 Å². The van der Waals surface area contributed by atoms with Crippen LogP contribution in [0.5, 0.6) is 5.75 Å². The molecule has 0 aliphatic carbocycles. The average molecular weight is 249 g/mol. The second-order valence-electron chi connectivity index (χ2n) is 4.75. The van der Waals surface area contributed by atoms with Gasteiger partial charge < -0.3 is 14.7 Å². The van der Waals surface area contributed by atoms with Gasteiger partial charge in [-0.3, -0.25) is 0 Å².